The smallest absolute Gasteiger partial charge is 0.338 e. The van der Waals surface area contributed by atoms with Crippen LogP contribution >= 0.6 is 0 Å². The SMILES string of the molecule is CC[C@@H](Oc1ccc(C(=O)O)c(F)c1F)c1cc(OC2CC(OC)C2)ccn1. The van der Waals surface area contributed by atoms with Crippen LogP contribution in [-0.2, 0) is 4.74 Å². The number of pyridine rings is 1. The number of ether oxygens (including phenoxy) is 3. The Labute approximate surface area is 161 Å². The van der Waals surface area contributed by atoms with Crippen molar-refractivity contribution in [2.24, 2.45) is 0 Å². The maximum atomic E-state index is 14.2. The highest BCUT2D eigenvalue weighted by Crippen LogP contribution is 2.31. The van der Waals surface area contributed by atoms with Gasteiger partial charge in [-0.3, -0.25) is 4.98 Å². The lowest BCUT2D eigenvalue weighted by Gasteiger charge is -2.34. The van der Waals surface area contributed by atoms with Gasteiger partial charge in [-0.2, -0.15) is 4.39 Å². The predicted octanol–water partition coefficient (Wildman–Crippen LogP) is 4.14. The van der Waals surface area contributed by atoms with E-state index in [1.165, 1.54) is 0 Å². The van der Waals surface area contributed by atoms with Crippen molar-refractivity contribution in [3.05, 3.63) is 53.4 Å². The number of nitrogens with zero attached hydrogens (tertiary/aromatic N) is 1. The van der Waals surface area contributed by atoms with Crippen LogP contribution in [0.15, 0.2) is 30.5 Å². The van der Waals surface area contributed by atoms with Gasteiger partial charge >= 0.3 is 5.97 Å². The number of rotatable bonds is 8. The fraction of sp³-hybridized carbons (Fsp3) is 0.400. The molecule has 0 aliphatic heterocycles. The number of aromatic carboxylic acids is 1. The van der Waals surface area contributed by atoms with Crippen LogP contribution in [0.5, 0.6) is 11.5 Å². The molecule has 8 heteroatoms. The van der Waals surface area contributed by atoms with Crippen LogP contribution in [0.1, 0.15) is 48.3 Å². The lowest BCUT2D eigenvalue weighted by Crippen LogP contribution is -2.38. The standard InChI is InChI=1S/C20H21F2NO5/c1-3-16(28-17-5-4-14(20(24)25)18(21)19(17)22)15-10-11(6-7-23-15)27-13-8-12(9-13)26-2/h4-7,10,12-13,16H,3,8-9H2,1-2H3,(H,24,25)/t12?,13?,16-/m1/s1. The summed E-state index contributed by atoms with van der Waals surface area (Å²) in [5.74, 6) is -4.11. The van der Waals surface area contributed by atoms with Crippen LogP contribution < -0.4 is 9.47 Å². The molecule has 2 aromatic rings. The molecular weight excluding hydrogens is 372 g/mol. The summed E-state index contributed by atoms with van der Waals surface area (Å²) in [6.07, 6.45) is 3.24. The van der Waals surface area contributed by atoms with Crippen molar-refractivity contribution in [3.63, 3.8) is 0 Å². The largest absolute Gasteiger partial charge is 0.490 e. The first kappa shape index (κ1) is 20.0. The Morgan fingerprint density at radius 3 is 2.64 bits per heavy atom. The van der Waals surface area contributed by atoms with Crippen molar-refractivity contribution in [2.75, 3.05) is 7.11 Å². The van der Waals surface area contributed by atoms with Crippen LogP contribution in [-0.4, -0.2) is 35.4 Å². The molecule has 1 fully saturated rings. The van der Waals surface area contributed by atoms with E-state index in [4.69, 9.17) is 19.3 Å². The predicted molar refractivity (Wildman–Crippen MR) is 95.7 cm³/mol. The minimum Gasteiger partial charge on any atom is -0.490 e. The van der Waals surface area contributed by atoms with Crippen molar-refractivity contribution in [2.45, 2.75) is 44.5 Å². The highest BCUT2D eigenvalue weighted by atomic mass is 19.2. The zero-order valence-electron chi connectivity index (χ0n) is 15.5. The van der Waals surface area contributed by atoms with Crippen molar-refractivity contribution in [1.29, 1.82) is 0 Å². The van der Waals surface area contributed by atoms with E-state index in [0.29, 0.717) is 17.9 Å². The van der Waals surface area contributed by atoms with Crippen LogP contribution in [0, 0.1) is 11.6 Å². The highest BCUT2D eigenvalue weighted by Gasteiger charge is 2.31. The topological polar surface area (TPSA) is 77.9 Å². The lowest BCUT2D eigenvalue weighted by atomic mass is 9.92. The summed E-state index contributed by atoms with van der Waals surface area (Å²) < 4.78 is 44.8. The third-order valence-electron chi connectivity index (χ3n) is 4.69. The van der Waals surface area contributed by atoms with E-state index >= 15 is 0 Å². The van der Waals surface area contributed by atoms with Gasteiger partial charge in [-0.05, 0) is 24.6 Å². The first-order chi connectivity index (χ1) is 13.4. The van der Waals surface area contributed by atoms with Gasteiger partial charge in [-0.25, -0.2) is 9.18 Å². The van der Waals surface area contributed by atoms with E-state index in [1.54, 1.807) is 25.4 Å². The van der Waals surface area contributed by atoms with Gasteiger partial charge in [0, 0.05) is 32.2 Å². The zero-order valence-corrected chi connectivity index (χ0v) is 15.5. The molecule has 0 spiro atoms. The Kier molecular flexibility index (Phi) is 6.08. The number of carbonyl (C=O) groups is 1. The molecule has 28 heavy (non-hydrogen) atoms. The van der Waals surface area contributed by atoms with Crippen molar-refractivity contribution in [1.82, 2.24) is 4.98 Å². The second kappa shape index (κ2) is 8.52. The average Bonchev–Trinajstić information content (AvgIpc) is 2.65. The molecule has 0 radical (unpaired) electrons. The van der Waals surface area contributed by atoms with Crippen LogP contribution in [0.4, 0.5) is 8.78 Å². The van der Waals surface area contributed by atoms with E-state index in [2.05, 4.69) is 4.98 Å². The molecule has 1 aromatic heterocycles. The number of carboxylic acids is 1. The molecule has 1 aromatic carbocycles. The fourth-order valence-corrected chi connectivity index (χ4v) is 2.97. The number of hydrogen-bond acceptors (Lipinski definition) is 5. The summed E-state index contributed by atoms with van der Waals surface area (Å²) in [6.45, 7) is 1.81. The van der Waals surface area contributed by atoms with Crippen molar-refractivity contribution < 1.29 is 32.9 Å². The van der Waals surface area contributed by atoms with Gasteiger partial charge in [-0.1, -0.05) is 6.92 Å². The minimum atomic E-state index is -1.55. The maximum absolute atomic E-state index is 14.2. The van der Waals surface area contributed by atoms with E-state index in [-0.39, 0.29) is 18.0 Å². The molecule has 1 aliphatic carbocycles. The number of halogens is 2. The first-order valence-corrected chi connectivity index (χ1v) is 8.96. The van der Waals surface area contributed by atoms with Crippen molar-refractivity contribution in [3.8, 4) is 11.5 Å². The Bertz CT molecular complexity index is 854. The molecular formula is C20H21F2NO5. The molecule has 3 rings (SSSR count). The van der Waals surface area contributed by atoms with Crippen LogP contribution in [0.25, 0.3) is 0 Å². The number of methoxy groups -OCH3 is 1. The summed E-state index contributed by atoms with van der Waals surface area (Å²) in [6, 6.07) is 5.50. The van der Waals surface area contributed by atoms with E-state index in [9.17, 15) is 13.6 Å². The van der Waals surface area contributed by atoms with Gasteiger partial charge in [0.25, 0.3) is 0 Å². The lowest BCUT2D eigenvalue weighted by molar-refractivity contribution is -0.0382. The number of aromatic nitrogens is 1. The summed E-state index contributed by atoms with van der Waals surface area (Å²) in [7, 11) is 1.67. The average molecular weight is 393 g/mol. The molecule has 0 amide bonds. The molecule has 150 valence electrons. The van der Waals surface area contributed by atoms with E-state index < -0.39 is 29.3 Å². The summed E-state index contributed by atoms with van der Waals surface area (Å²) in [5, 5.41) is 8.87. The van der Waals surface area contributed by atoms with Gasteiger partial charge in [0.05, 0.1) is 17.4 Å². The number of hydrogen-bond donors (Lipinski definition) is 1. The van der Waals surface area contributed by atoms with Crippen LogP contribution in [0.3, 0.4) is 0 Å². The van der Waals surface area contributed by atoms with Crippen LogP contribution in [0.2, 0.25) is 0 Å². The Morgan fingerprint density at radius 1 is 1.25 bits per heavy atom. The summed E-state index contributed by atoms with van der Waals surface area (Å²) in [4.78, 5) is 15.1. The number of benzene rings is 1. The quantitative estimate of drug-likeness (QED) is 0.726. The fourth-order valence-electron chi connectivity index (χ4n) is 2.97. The van der Waals surface area contributed by atoms with Gasteiger partial charge in [-0.15, -0.1) is 0 Å². The zero-order chi connectivity index (χ0) is 20.3. The monoisotopic (exact) mass is 393 g/mol. The number of carboxylic acid groups (broad SMARTS) is 1. The molecule has 1 atom stereocenters. The Balaban J connectivity index is 1.74. The molecule has 0 saturated heterocycles. The van der Waals surface area contributed by atoms with Gasteiger partial charge in [0.2, 0.25) is 5.82 Å². The normalized spacial score (nSPS) is 19.6. The molecule has 1 aliphatic rings. The summed E-state index contributed by atoms with van der Waals surface area (Å²) in [5.41, 5.74) is -0.244. The van der Waals surface area contributed by atoms with Crippen molar-refractivity contribution >= 4 is 5.97 Å². The Hall–Kier alpha value is -2.74. The maximum Gasteiger partial charge on any atom is 0.338 e. The van der Waals surface area contributed by atoms with Gasteiger partial charge in [0.15, 0.2) is 11.6 Å². The van der Waals surface area contributed by atoms with Gasteiger partial charge < -0.3 is 19.3 Å². The third-order valence-corrected chi connectivity index (χ3v) is 4.69. The molecule has 0 unspecified atom stereocenters. The summed E-state index contributed by atoms with van der Waals surface area (Å²) >= 11 is 0. The molecule has 1 N–H and O–H groups in total. The first-order valence-electron chi connectivity index (χ1n) is 8.96. The molecule has 0 bridgehead atoms. The molecule has 6 nitrogen and oxygen atoms in total. The third kappa shape index (κ3) is 4.22. The molecule has 1 saturated carbocycles. The second-order valence-electron chi connectivity index (χ2n) is 6.54. The van der Waals surface area contributed by atoms with Gasteiger partial charge in [0.1, 0.15) is 18.0 Å². The molecule has 1 heterocycles. The van der Waals surface area contributed by atoms with E-state index in [1.807, 2.05) is 6.92 Å². The Morgan fingerprint density at radius 2 is 2.00 bits per heavy atom. The highest BCUT2D eigenvalue weighted by molar-refractivity contribution is 5.88. The minimum absolute atomic E-state index is 0.0660. The second-order valence-corrected chi connectivity index (χ2v) is 6.54. The van der Waals surface area contributed by atoms with E-state index in [0.717, 1.165) is 25.0 Å².